The van der Waals surface area contributed by atoms with Gasteiger partial charge in [0.2, 0.25) is 11.6 Å². The molecule has 12 heteroatoms. The smallest absolute Gasteiger partial charge is 0.361 e. The molecule has 0 spiro atoms. The first-order valence-corrected chi connectivity index (χ1v) is 13.4. The van der Waals surface area contributed by atoms with E-state index in [0.29, 0.717) is 19.5 Å². The second-order valence-electron chi connectivity index (χ2n) is 10.1. The van der Waals surface area contributed by atoms with Crippen LogP contribution in [0.25, 0.3) is 10.9 Å². The maximum Gasteiger partial charge on any atom is 0.361 e. The number of benzene rings is 2. The first-order valence-electron chi connectivity index (χ1n) is 13.4. The van der Waals surface area contributed by atoms with Crippen LogP contribution in [0.15, 0.2) is 54.6 Å². The van der Waals surface area contributed by atoms with Crippen LogP contribution >= 0.6 is 0 Å². The highest BCUT2D eigenvalue weighted by molar-refractivity contribution is 6.00. The Balaban J connectivity index is 1.41. The molecule has 1 saturated heterocycles. The van der Waals surface area contributed by atoms with E-state index in [4.69, 9.17) is 14.2 Å². The van der Waals surface area contributed by atoms with Crippen molar-refractivity contribution < 1.29 is 28.6 Å². The largest absolute Gasteiger partial charge is 0.496 e. The molecule has 0 saturated carbocycles. The van der Waals surface area contributed by atoms with Gasteiger partial charge in [-0.25, -0.2) is 14.3 Å². The van der Waals surface area contributed by atoms with E-state index in [-0.39, 0.29) is 23.8 Å². The molecule has 218 valence electrons. The third-order valence-electron chi connectivity index (χ3n) is 7.43. The summed E-state index contributed by atoms with van der Waals surface area (Å²) in [7, 11) is 4.03. The highest BCUT2D eigenvalue weighted by atomic mass is 16.5. The van der Waals surface area contributed by atoms with Gasteiger partial charge in [-0.15, -0.1) is 5.10 Å². The fourth-order valence-corrected chi connectivity index (χ4v) is 5.35. The lowest BCUT2D eigenvalue weighted by Crippen LogP contribution is -2.42. The number of pyridine rings is 1. The number of aromatic nitrogens is 4. The summed E-state index contributed by atoms with van der Waals surface area (Å²) in [6.45, 7) is 3.04. The fourth-order valence-electron chi connectivity index (χ4n) is 5.35. The number of carbonyl (C=O) groups excluding carboxylic acids is 3. The van der Waals surface area contributed by atoms with Gasteiger partial charge in [0.05, 0.1) is 51.2 Å². The first-order chi connectivity index (χ1) is 20.3. The number of likely N-dealkylation sites (tertiary alicyclic amines) is 1. The first kappa shape index (κ1) is 28.7. The average Bonchev–Trinajstić information content (AvgIpc) is 3.64. The lowest BCUT2D eigenvalue weighted by atomic mass is 10.1. The number of nitrogens with zero attached hydrogens (tertiary/aromatic N) is 5. The molecule has 42 heavy (non-hydrogen) atoms. The van der Waals surface area contributed by atoms with Crippen molar-refractivity contribution in [3.63, 3.8) is 0 Å². The molecule has 2 aromatic carbocycles. The number of esters is 2. The summed E-state index contributed by atoms with van der Waals surface area (Å²) in [6, 6.07) is 16.5. The van der Waals surface area contributed by atoms with E-state index in [1.54, 1.807) is 7.11 Å². The SMILES string of the molecule is COC(=O)c1nnn([C@H]2C[C@@H](C(=O)NCc3ccc4ccccc4n3)N(Cc3ccc(OC)c(C)c3)C2)c1C(=O)OC. The van der Waals surface area contributed by atoms with Gasteiger partial charge in [0.1, 0.15) is 5.75 Å². The highest BCUT2D eigenvalue weighted by Crippen LogP contribution is 2.31. The standard InChI is InChI=1S/C30H32N6O6/c1-18-13-19(9-12-25(18)40-2)16-35-17-22(36-27(30(39)42-4)26(33-34-36)29(38)41-3)14-24(35)28(37)31-15-21-11-10-20-7-5-6-8-23(20)32-21/h5-13,22,24H,14-17H2,1-4H3,(H,31,37)/t22-,24-/m0/s1. The van der Waals surface area contributed by atoms with E-state index in [0.717, 1.165) is 33.5 Å². The van der Waals surface area contributed by atoms with Crippen LogP contribution in [0.1, 0.15) is 50.3 Å². The van der Waals surface area contributed by atoms with Gasteiger partial charge in [0, 0.05) is 18.5 Å². The molecular formula is C30H32N6O6. The van der Waals surface area contributed by atoms with Crippen molar-refractivity contribution in [1.82, 2.24) is 30.2 Å². The van der Waals surface area contributed by atoms with Crippen LogP contribution in [0.5, 0.6) is 5.75 Å². The highest BCUT2D eigenvalue weighted by Gasteiger charge is 2.41. The summed E-state index contributed by atoms with van der Waals surface area (Å²) in [6.07, 6.45) is 0.320. The van der Waals surface area contributed by atoms with Crippen LogP contribution in [-0.2, 0) is 27.4 Å². The second kappa shape index (κ2) is 12.4. The molecule has 2 atom stereocenters. The number of fused-ring (bicyclic) bond motifs is 1. The number of hydrogen-bond acceptors (Lipinski definition) is 10. The van der Waals surface area contributed by atoms with Gasteiger partial charge in [0.25, 0.3) is 0 Å². The van der Waals surface area contributed by atoms with Crippen LogP contribution in [0.2, 0.25) is 0 Å². The van der Waals surface area contributed by atoms with Gasteiger partial charge < -0.3 is 19.5 Å². The zero-order chi connectivity index (χ0) is 29.8. The summed E-state index contributed by atoms with van der Waals surface area (Å²) < 4.78 is 16.5. The monoisotopic (exact) mass is 572 g/mol. The average molecular weight is 573 g/mol. The minimum absolute atomic E-state index is 0.115. The maximum atomic E-state index is 13.7. The number of nitrogens with one attached hydrogen (secondary N) is 1. The molecule has 0 radical (unpaired) electrons. The number of carbonyl (C=O) groups is 3. The lowest BCUT2D eigenvalue weighted by Gasteiger charge is -2.24. The minimum atomic E-state index is -0.803. The number of hydrogen-bond donors (Lipinski definition) is 1. The number of rotatable bonds is 9. The molecule has 5 rings (SSSR count). The molecule has 3 heterocycles. The van der Waals surface area contributed by atoms with E-state index in [1.165, 1.54) is 18.9 Å². The maximum absolute atomic E-state index is 13.7. The van der Waals surface area contributed by atoms with Gasteiger partial charge >= 0.3 is 11.9 Å². The van der Waals surface area contributed by atoms with Crippen molar-refractivity contribution in [1.29, 1.82) is 0 Å². The Morgan fingerprint density at radius 2 is 1.79 bits per heavy atom. The van der Waals surface area contributed by atoms with Crippen LogP contribution in [0.4, 0.5) is 0 Å². The molecular weight excluding hydrogens is 540 g/mol. The molecule has 1 N–H and O–H groups in total. The number of amides is 1. The molecule has 1 fully saturated rings. The van der Waals surface area contributed by atoms with Crippen molar-refractivity contribution in [3.8, 4) is 5.75 Å². The van der Waals surface area contributed by atoms with Gasteiger partial charge in [0.15, 0.2) is 5.69 Å². The van der Waals surface area contributed by atoms with Crippen LogP contribution < -0.4 is 10.1 Å². The van der Waals surface area contributed by atoms with E-state index in [1.807, 2.05) is 66.4 Å². The van der Waals surface area contributed by atoms with E-state index in [2.05, 4.69) is 20.6 Å². The second-order valence-corrected chi connectivity index (χ2v) is 10.1. The van der Waals surface area contributed by atoms with Gasteiger partial charge in [-0.3, -0.25) is 14.7 Å². The molecule has 0 unspecified atom stereocenters. The van der Waals surface area contributed by atoms with Crippen molar-refractivity contribution in [2.75, 3.05) is 27.9 Å². The van der Waals surface area contributed by atoms with Crippen LogP contribution in [-0.4, -0.2) is 76.6 Å². The predicted molar refractivity (Wildman–Crippen MR) is 152 cm³/mol. The van der Waals surface area contributed by atoms with Crippen molar-refractivity contribution >= 4 is 28.7 Å². The summed E-state index contributed by atoms with van der Waals surface area (Å²) in [5.41, 5.74) is 3.20. The Kier molecular flexibility index (Phi) is 8.43. The molecule has 2 aromatic heterocycles. The normalized spacial score (nSPS) is 16.8. The number of para-hydroxylation sites is 1. The number of aryl methyl sites for hydroxylation is 1. The summed E-state index contributed by atoms with van der Waals surface area (Å²) in [4.78, 5) is 45.3. The molecule has 1 amide bonds. The fraction of sp³-hybridized carbons (Fsp3) is 0.333. The Morgan fingerprint density at radius 1 is 1.00 bits per heavy atom. The van der Waals surface area contributed by atoms with Gasteiger partial charge in [-0.2, -0.15) is 0 Å². The summed E-state index contributed by atoms with van der Waals surface area (Å²) in [5, 5.41) is 12.1. The Morgan fingerprint density at radius 3 is 2.52 bits per heavy atom. The van der Waals surface area contributed by atoms with Crippen molar-refractivity contribution in [2.45, 2.75) is 38.5 Å². The third kappa shape index (κ3) is 5.79. The molecule has 1 aliphatic heterocycles. The number of ether oxygens (including phenoxy) is 3. The van der Waals surface area contributed by atoms with E-state index >= 15 is 0 Å². The minimum Gasteiger partial charge on any atom is -0.496 e. The summed E-state index contributed by atoms with van der Waals surface area (Å²) >= 11 is 0. The van der Waals surface area contributed by atoms with E-state index in [9.17, 15) is 14.4 Å². The van der Waals surface area contributed by atoms with Crippen LogP contribution in [0, 0.1) is 6.92 Å². The predicted octanol–water partition coefficient (Wildman–Crippen LogP) is 2.85. The van der Waals surface area contributed by atoms with Crippen LogP contribution in [0.3, 0.4) is 0 Å². The quantitative estimate of drug-likeness (QED) is 0.298. The van der Waals surface area contributed by atoms with E-state index < -0.39 is 24.0 Å². The zero-order valence-electron chi connectivity index (χ0n) is 23.9. The molecule has 0 aliphatic carbocycles. The summed E-state index contributed by atoms with van der Waals surface area (Å²) in [5.74, 6) is -0.989. The van der Waals surface area contributed by atoms with Gasteiger partial charge in [-0.1, -0.05) is 41.6 Å². The van der Waals surface area contributed by atoms with Crippen molar-refractivity contribution in [2.24, 2.45) is 0 Å². The topological polar surface area (TPSA) is 138 Å². The Hall–Kier alpha value is -4.84. The third-order valence-corrected chi connectivity index (χ3v) is 7.43. The van der Waals surface area contributed by atoms with Crippen molar-refractivity contribution in [3.05, 3.63) is 82.8 Å². The zero-order valence-corrected chi connectivity index (χ0v) is 23.9. The Labute approximate surface area is 242 Å². The molecule has 1 aliphatic rings. The lowest BCUT2D eigenvalue weighted by molar-refractivity contribution is -0.125. The molecule has 12 nitrogen and oxygen atoms in total. The Bertz CT molecular complexity index is 1640. The number of methoxy groups -OCH3 is 3. The molecule has 0 bridgehead atoms. The van der Waals surface area contributed by atoms with Gasteiger partial charge in [-0.05, 0) is 42.7 Å². The molecule has 4 aromatic rings.